The number of nitrogens with one attached hydrogen (secondary N) is 1. The minimum atomic E-state index is -0.545. The number of fused-ring (bicyclic) bond motifs is 1. The highest BCUT2D eigenvalue weighted by atomic mass is 16.7. The molecule has 7 nitrogen and oxygen atoms in total. The van der Waals surface area contributed by atoms with Crippen LogP contribution in [-0.2, 0) is 14.3 Å². The Morgan fingerprint density at radius 1 is 1.03 bits per heavy atom. The molecule has 182 valence electrons. The SMILES string of the molecule is COc1ccc(C2CC(=O)C3=C(C2)NC(C)=C(C(=O)OC(C)C)C3c2ccc3c(c2)OCO3)cc1. The Labute approximate surface area is 204 Å². The monoisotopic (exact) mass is 475 g/mol. The summed E-state index contributed by atoms with van der Waals surface area (Å²) in [6.45, 7) is 5.64. The van der Waals surface area contributed by atoms with E-state index in [2.05, 4.69) is 5.32 Å². The molecule has 0 spiro atoms. The first-order valence-corrected chi connectivity index (χ1v) is 11.8. The van der Waals surface area contributed by atoms with Crippen molar-refractivity contribution < 1.29 is 28.5 Å². The van der Waals surface area contributed by atoms with E-state index in [9.17, 15) is 9.59 Å². The minimum Gasteiger partial charge on any atom is -0.497 e. The quantitative estimate of drug-likeness (QED) is 0.626. The van der Waals surface area contributed by atoms with Crippen LogP contribution in [0.4, 0.5) is 0 Å². The summed E-state index contributed by atoms with van der Waals surface area (Å²) >= 11 is 0. The number of allylic oxidation sites excluding steroid dienone is 3. The number of methoxy groups -OCH3 is 1. The molecule has 2 heterocycles. The van der Waals surface area contributed by atoms with E-state index in [-0.39, 0.29) is 24.6 Å². The molecule has 1 aliphatic carbocycles. The standard InChI is InChI=1S/C28H29NO6/c1-15(2)35-28(31)25-16(3)29-21-11-19(17-5-8-20(32-4)9-6-17)12-22(30)27(21)26(25)18-7-10-23-24(13-18)34-14-33-23/h5-10,13,15,19,26,29H,11-12,14H2,1-4H3. The lowest BCUT2D eigenvalue weighted by Crippen LogP contribution is -2.36. The van der Waals surface area contributed by atoms with Crippen molar-refractivity contribution in [2.75, 3.05) is 13.9 Å². The average Bonchev–Trinajstić information content (AvgIpc) is 3.30. The summed E-state index contributed by atoms with van der Waals surface area (Å²) < 4.78 is 21.9. The van der Waals surface area contributed by atoms with E-state index in [0.29, 0.717) is 41.2 Å². The number of hydrogen-bond acceptors (Lipinski definition) is 7. The third-order valence-electron chi connectivity index (χ3n) is 6.71. The fraction of sp³-hybridized carbons (Fsp3) is 0.357. The fourth-order valence-electron chi connectivity index (χ4n) is 5.12. The first kappa shape index (κ1) is 23.0. The molecular formula is C28H29NO6. The lowest BCUT2D eigenvalue weighted by molar-refractivity contribution is -0.143. The van der Waals surface area contributed by atoms with Gasteiger partial charge in [0.1, 0.15) is 5.75 Å². The predicted octanol–water partition coefficient (Wildman–Crippen LogP) is 4.74. The third kappa shape index (κ3) is 4.27. The molecule has 0 radical (unpaired) electrons. The summed E-state index contributed by atoms with van der Waals surface area (Å²) in [6.07, 6.45) is 0.745. The molecule has 7 heteroatoms. The van der Waals surface area contributed by atoms with Gasteiger partial charge in [0.2, 0.25) is 6.79 Å². The third-order valence-corrected chi connectivity index (χ3v) is 6.71. The van der Waals surface area contributed by atoms with Crippen LogP contribution in [0, 0.1) is 0 Å². The van der Waals surface area contributed by atoms with Crippen molar-refractivity contribution in [1.82, 2.24) is 5.32 Å². The van der Waals surface area contributed by atoms with Gasteiger partial charge in [-0.3, -0.25) is 4.79 Å². The van der Waals surface area contributed by atoms with Crippen LogP contribution in [0.3, 0.4) is 0 Å². The van der Waals surface area contributed by atoms with E-state index >= 15 is 0 Å². The number of Topliss-reactive ketones (excluding diaryl/α,β-unsaturated/α-hetero) is 1. The number of hydrogen-bond donors (Lipinski definition) is 1. The molecular weight excluding hydrogens is 446 g/mol. The van der Waals surface area contributed by atoms with Gasteiger partial charge in [-0.1, -0.05) is 18.2 Å². The summed E-state index contributed by atoms with van der Waals surface area (Å²) in [5, 5.41) is 3.38. The Hall–Kier alpha value is -3.74. The van der Waals surface area contributed by atoms with Gasteiger partial charge in [0, 0.05) is 29.3 Å². The summed E-state index contributed by atoms with van der Waals surface area (Å²) in [4.78, 5) is 26.9. The van der Waals surface area contributed by atoms with Crippen LogP contribution in [0.2, 0.25) is 0 Å². The van der Waals surface area contributed by atoms with Crippen molar-refractivity contribution in [2.24, 2.45) is 0 Å². The number of benzene rings is 2. The van der Waals surface area contributed by atoms with E-state index in [4.69, 9.17) is 18.9 Å². The Bertz CT molecular complexity index is 1240. The molecule has 2 aromatic carbocycles. The van der Waals surface area contributed by atoms with E-state index in [1.165, 1.54) is 0 Å². The topological polar surface area (TPSA) is 83.1 Å². The van der Waals surface area contributed by atoms with Crippen LogP contribution in [0.5, 0.6) is 17.2 Å². The molecule has 2 atom stereocenters. The maximum absolute atomic E-state index is 13.7. The Morgan fingerprint density at radius 2 is 1.74 bits per heavy atom. The molecule has 35 heavy (non-hydrogen) atoms. The van der Waals surface area contributed by atoms with Gasteiger partial charge in [0.15, 0.2) is 17.3 Å². The van der Waals surface area contributed by atoms with E-state index < -0.39 is 11.9 Å². The van der Waals surface area contributed by atoms with Gasteiger partial charge >= 0.3 is 5.97 Å². The second-order valence-corrected chi connectivity index (χ2v) is 9.36. The van der Waals surface area contributed by atoms with E-state index in [1.54, 1.807) is 7.11 Å². The van der Waals surface area contributed by atoms with Gasteiger partial charge in [-0.25, -0.2) is 4.79 Å². The van der Waals surface area contributed by atoms with Crippen LogP contribution < -0.4 is 19.5 Å². The Balaban J connectivity index is 1.57. The van der Waals surface area contributed by atoms with Gasteiger partial charge in [-0.15, -0.1) is 0 Å². The van der Waals surface area contributed by atoms with Crippen molar-refractivity contribution in [1.29, 1.82) is 0 Å². The lowest BCUT2D eigenvalue weighted by atomic mass is 9.71. The van der Waals surface area contributed by atoms with Crippen LogP contribution in [0.1, 0.15) is 56.6 Å². The smallest absolute Gasteiger partial charge is 0.337 e. The van der Waals surface area contributed by atoms with Gasteiger partial charge in [0.05, 0.1) is 18.8 Å². The first-order valence-electron chi connectivity index (χ1n) is 11.8. The van der Waals surface area contributed by atoms with Gasteiger partial charge in [-0.05, 0) is 68.5 Å². The normalized spacial score (nSPS) is 21.1. The summed E-state index contributed by atoms with van der Waals surface area (Å²) in [6, 6.07) is 13.4. The van der Waals surface area contributed by atoms with Crippen LogP contribution in [0.25, 0.3) is 0 Å². The zero-order valence-electron chi connectivity index (χ0n) is 20.3. The molecule has 0 fully saturated rings. The van der Waals surface area contributed by atoms with Crippen LogP contribution in [-0.4, -0.2) is 31.8 Å². The number of rotatable bonds is 5. The van der Waals surface area contributed by atoms with Crippen molar-refractivity contribution in [3.63, 3.8) is 0 Å². The molecule has 5 rings (SSSR count). The van der Waals surface area contributed by atoms with Crippen LogP contribution in [0.15, 0.2) is 65.0 Å². The Kier molecular flexibility index (Phi) is 6.01. The summed E-state index contributed by atoms with van der Waals surface area (Å²) in [7, 11) is 1.63. The van der Waals surface area contributed by atoms with Crippen molar-refractivity contribution in [3.05, 3.63) is 76.1 Å². The maximum atomic E-state index is 13.7. The number of esters is 1. The second kappa shape index (κ2) is 9.13. The molecule has 3 aliphatic rings. The molecule has 0 amide bonds. The molecule has 0 saturated carbocycles. The highest BCUT2D eigenvalue weighted by molar-refractivity contribution is 6.04. The number of carbonyl (C=O) groups excluding carboxylic acids is 2. The minimum absolute atomic E-state index is 0.0181. The van der Waals surface area contributed by atoms with Crippen molar-refractivity contribution >= 4 is 11.8 Å². The highest BCUT2D eigenvalue weighted by Crippen LogP contribution is 2.47. The molecule has 0 saturated heterocycles. The summed E-state index contributed by atoms with van der Waals surface area (Å²) in [5.74, 6) is 1.12. The van der Waals surface area contributed by atoms with Crippen molar-refractivity contribution in [3.8, 4) is 17.2 Å². The Morgan fingerprint density at radius 3 is 2.46 bits per heavy atom. The summed E-state index contributed by atoms with van der Waals surface area (Å²) in [5.41, 5.74) is 4.50. The fourth-order valence-corrected chi connectivity index (χ4v) is 5.12. The number of ether oxygens (including phenoxy) is 4. The molecule has 2 aliphatic heterocycles. The highest BCUT2D eigenvalue weighted by Gasteiger charge is 2.42. The van der Waals surface area contributed by atoms with Gasteiger partial charge in [-0.2, -0.15) is 0 Å². The van der Waals surface area contributed by atoms with Gasteiger partial charge in [0.25, 0.3) is 0 Å². The first-order chi connectivity index (χ1) is 16.9. The van der Waals surface area contributed by atoms with Crippen LogP contribution >= 0.6 is 0 Å². The van der Waals surface area contributed by atoms with Gasteiger partial charge < -0.3 is 24.3 Å². The van der Waals surface area contributed by atoms with E-state index in [0.717, 1.165) is 22.6 Å². The molecule has 2 unspecified atom stereocenters. The lowest BCUT2D eigenvalue weighted by Gasteiger charge is -2.37. The molecule has 1 N–H and O–H groups in total. The molecule has 2 aromatic rings. The molecule has 0 bridgehead atoms. The number of dihydropyridines is 1. The second-order valence-electron chi connectivity index (χ2n) is 9.36. The number of carbonyl (C=O) groups is 2. The zero-order chi connectivity index (χ0) is 24.7. The maximum Gasteiger partial charge on any atom is 0.337 e. The predicted molar refractivity (Wildman–Crippen MR) is 129 cm³/mol. The average molecular weight is 476 g/mol. The largest absolute Gasteiger partial charge is 0.497 e. The van der Waals surface area contributed by atoms with Crippen molar-refractivity contribution in [2.45, 2.75) is 51.6 Å². The zero-order valence-corrected chi connectivity index (χ0v) is 20.3. The number of ketones is 1. The molecule has 0 aromatic heterocycles. The van der Waals surface area contributed by atoms with E-state index in [1.807, 2.05) is 63.2 Å².